The first-order valence-corrected chi connectivity index (χ1v) is 4.80. The molecule has 0 heterocycles. The molecule has 0 rings (SSSR count). The minimum absolute atomic E-state index is 0.117. The highest BCUT2D eigenvalue weighted by Crippen LogP contribution is 2.19. The van der Waals surface area contributed by atoms with Gasteiger partial charge in [-0.3, -0.25) is 0 Å². The second kappa shape index (κ2) is 5.15. The van der Waals surface area contributed by atoms with Gasteiger partial charge in [-0.05, 0) is 34.6 Å². The van der Waals surface area contributed by atoms with Crippen molar-refractivity contribution in [2.75, 3.05) is 0 Å². The molecule has 0 aliphatic carbocycles. The molecule has 14 heavy (non-hydrogen) atoms. The van der Waals surface area contributed by atoms with Gasteiger partial charge in [0.1, 0.15) is 5.60 Å². The van der Waals surface area contributed by atoms with E-state index in [1.54, 1.807) is 0 Å². The van der Waals surface area contributed by atoms with Gasteiger partial charge in [-0.1, -0.05) is 6.58 Å². The molecule has 3 nitrogen and oxygen atoms in total. The quantitative estimate of drug-likeness (QED) is 0.504. The molecule has 1 atom stereocenters. The highest BCUT2D eigenvalue weighted by molar-refractivity contribution is 5.81. The summed E-state index contributed by atoms with van der Waals surface area (Å²) in [6.07, 6.45) is 1.13. The van der Waals surface area contributed by atoms with Crippen molar-refractivity contribution in [1.82, 2.24) is 0 Å². The van der Waals surface area contributed by atoms with Gasteiger partial charge >= 0.3 is 5.97 Å². The maximum absolute atomic E-state index is 11.0. The van der Waals surface area contributed by atoms with Crippen LogP contribution in [0.3, 0.4) is 0 Å². The maximum Gasteiger partial charge on any atom is 0.330 e. The van der Waals surface area contributed by atoms with Gasteiger partial charge in [-0.25, -0.2) is 4.79 Å². The molecular formula is C11H20O3. The summed E-state index contributed by atoms with van der Waals surface area (Å²) in [6, 6.07) is 0. The standard InChI is InChI=1S/C11H20O3/c1-7-10(12)14-11(5,6)9(4)13-8(2)3/h7-9H,1H2,2-6H3. The van der Waals surface area contributed by atoms with E-state index in [0.29, 0.717) is 0 Å². The van der Waals surface area contributed by atoms with E-state index in [-0.39, 0.29) is 12.2 Å². The second-order valence-electron chi connectivity index (χ2n) is 4.06. The molecule has 0 amide bonds. The average molecular weight is 200 g/mol. The zero-order valence-electron chi connectivity index (χ0n) is 9.66. The van der Waals surface area contributed by atoms with Crippen molar-refractivity contribution < 1.29 is 14.3 Å². The number of hydrogen-bond donors (Lipinski definition) is 0. The second-order valence-corrected chi connectivity index (χ2v) is 4.06. The Morgan fingerprint density at radius 2 is 1.86 bits per heavy atom. The Kier molecular flexibility index (Phi) is 4.85. The molecule has 0 bridgehead atoms. The fraction of sp³-hybridized carbons (Fsp3) is 0.727. The van der Waals surface area contributed by atoms with Crippen molar-refractivity contribution in [2.24, 2.45) is 0 Å². The number of hydrogen-bond acceptors (Lipinski definition) is 3. The van der Waals surface area contributed by atoms with Crippen LogP contribution in [0, 0.1) is 0 Å². The highest BCUT2D eigenvalue weighted by atomic mass is 16.6. The first-order valence-electron chi connectivity index (χ1n) is 4.80. The number of carbonyl (C=O) groups is 1. The minimum Gasteiger partial charge on any atom is -0.454 e. The largest absolute Gasteiger partial charge is 0.454 e. The van der Waals surface area contributed by atoms with E-state index in [1.165, 1.54) is 0 Å². The Morgan fingerprint density at radius 1 is 1.36 bits per heavy atom. The van der Waals surface area contributed by atoms with E-state index >= 15 is 0 Å². The number of esters is 1. The highest BCUT2D eigenvalue weighted by Gasteiger charge is 2.30. The zero-order valence-corrected chi connectivity index (χ0v) is 9.66. The monoisotopic (exact) mass is 200 g/mol. The third-order valence-corrected chi connectivity index (χ3v) is 1.99. The van der Waals surface area contributed by atoms with E-state index in [9.17, 15) is 4.79 Å². The molecule has 0 radical (unpaired) electrons. The Bertz CT molecular complexity index is 207. The fourth-order valence-corrected chi connectivity index (χ4v) is 0.956. The van der Waals surface area contributed by atoms with E-state index in [0.717, 1.165) is 6.08 Å². The van der Waals surface area contributed by atoms with Gasteiger partial charge in [-0.2, -0.15) is 0 Å². The third-order valence-electron chi connectivity index (χ3n) is 1.99. The Morgan fingerprint density at radius 3 is 2.21 bits per heavy atom. The maximum atomic E-state index is 11.0. The van der Waals surface area contributed by atoms with Gasteiger partial charge < -0.3 is 9.47 Å². The van der Waals surface area contributed by atoms with Gasteiger partial charge in [0.15, 0.2) is 0 Å². The lowest BCUT2D eigenvalue weighted by atomic mass is 10.0. The summed E-state index contributed by atoms with van der Waals surface area (Å²) in [4.78, 5) is 11.0. The molecule has 0 fully saturated rings. The number of rotatable bonds is 5. The van der Waals surface area contributed by atoms with E-state index in [1.807, 2.05) is 34.6 Å². The van der Waals surface area contributed by atoms with Crippen LogP contribution >= 0.6 is 0 Å². The third kappa shape index (κ3) is 4.42. The van der Waals surface area contributed by atoms with E-state index in [4.69, 9.17) is 9.47 Å². The van der Waals surface area contributed by atoms with Crippen molar-refractivity contribution in [2.45, 2.75) is 52.4 Å². The molecule has 0 aromatic rings. The minimum atomic E-state index is -0.629. The molecule has 82 valence electrons. The summed E-state index contributed by atoms with van der Waals surface area (Å²) in [6.45, 7) is 12.8. The topological polar surface area (TPSA) is 35.5 Å². The van der Waals surface area contributed by atoms with Crippen LogP contribution in [0.4, 0.5) is 0 Å². The first kappa shape index (κ1) is 13.2. The summed E-state index contributed by atoms with van der Waals surface area (Å²) in [7, 11) is 0. The molecule has 0 saturated carbocycles. The molecule has 0 saturated heterocycles. The van der Waals surface area contributed by atoms with Crippen LogP contribution in [0.2, 0.25) is 0 Å². The van der Waals surface area contributed by atoms with Crippen LogP contribution in [0.25, 0.3) is 0 Å². The lowest BCUT2D eigenvalue weighted by molar-refractivity contribution is -0.168. The summed E-state index contributed by atoms with van der Waals surface area (Å²) >= 11 is 0. The van der Waals surface area contributed by atoms with Crippen molar-refractivity contribution in [3.8, 4) is 0 Å². The van der Waals surface area contributed by atoms with Gasteiger partial charge in [0.05, 0.1) is 12.2 Å². The molecule has 0 aliphatic heterocycles. The fourth-order valence-electron chi connectivity index (χ4n) is 0.956. The zero-order chi connectivity index (χ0) is 11.4. The van der Waals surface area contributed by atoms with Crippen molar-refractivity contribution >= 4 is 5.97 Å². The smallest absolute Gasteiger partial charge is 0.330 e. The van der Waals surface area contributed by atoms with Crippen molar-refractivity contribution in [1.29, 1.82) is 0 Å². The molecule has 0 aromatic heterocycles. The van der Waals surface area contributed by atoms with Gasteiger partial charge in [0, 0.05) is 6.08 Å². The molecule has 0 aliphatic rings. The normalized spacial score (nSPS) is 13.9. The Balaban J connectivity index is 4.28. The molecule has 0 aromatic carbocycles. The molecule has 0 spiro atoms. The van der Waals surface area contributed by atoms with Gasteiger partial charge in [0.2, 0.25) is 0 Å². The SMILES string of the molecule is C=CC(=O)OC(C)(C)C(C)OC(C)C. The summed E-state index contributed by atoms with van der Waals surface area (Å²) in [5, 5.41) is 0. The van der Waals surface area contributed by atoms with Crippen LogP contribution in [0.1, 0.15) is 34.6 Å². The predicted octanol–water partition coefficient (Wildman–Crippen LogP) is 2.31. The summed E-state index contributed by atoms with van der Waals surface area (Å²) in [5.41, 5.74) is -0.629. The van der Waals surface area contributed by atoms with Crippen LogP contribution in [-0.2, 0) is 14.3 Å². The predicted molar refractivity (Wildman–Crippen MR) is 56.1 cm³/mol. The Hall–Kier alpha value is -0.830. The van der Waals surface area contributed by atoms with Gasteiger partial charge in [-0.15, -0.1) is 0 Å². The lowest BCUT2D eigenvalue weighted by Crippen LogP contribution is -2.41. The molecule has 0 N–H and O–H groups in total. The molecular weight excluding hydrogens is 180 g/mol. The first-order chi connectivity index (χ1) is 6.29. The molecule has 1 unspecified atom stereocenters. The van der Waals surface area contributed by atoms with Crippen molar-refractivity contribution in [3.63, 3.8) is 0 Å². The number of carbonyl (C=O) groups excluding carboxylic acids is 1. The Labute approximate surface area is 86.1 Å². The van der Waals surface area contributed by atoms with Gasteiger partial charge in [0.25, 0.3) is 0 Å². The van der Waals surface area contributed by atoms with Crippen molar-refractivity contribution in [3.05, 3.63) is 12.7 Å². The summed E-state index contributed by atoms with van der Waals surface area (Å²) in [5.74, 6) is -0.422. The lowest BCUT2D eigenvalue weighted by Gasteiger charge is -2.32. The van der Waals surface area contributed by atoms with Crippen LogP contribution in [0.15, 0.2) is 12.7 Å². The van der Waals surface area contributed by atoms with E-state index < -0.39 is 11.6 Å². The van der Waals surface area contributed by atoms with Crippen LogP contribution in [-0.4, -0.2) is 23.8 Å². The van der Waals surface area contributed by atoms with E-state index in [2.05, 4.69) is 6.58 Å². The van der Waals surface area contributed by atoms with Crippen LogP contribution < -0.4 is 0 Å². The average Bonchev–Trinajstić information content (AvgIpc) is 2.02. The summed E-state index contributed by atoms with van der Waals surface area (Å²) < 4.78 is 10.7. The number of ether oxygens (including phenoxy) is 2. The van der Waals surface area contributed by atoms with Crippen LogP contribution in [0.5, 0.6) is 0 Å². The molecule has 3 heteroatoms.